The Balaban J connectivity index is 3.24. The smallest absolute Gasteiger partial charge is 0.251 e. The van der Waals surface area contributed by atoms with Crippen molar-refractivity contribution in [1.82, 2.24) is 5.32 Å². The summed E-state index contributed by atoms with van der Waals surface area (Å²) in [6.07, 6.45) is 1.12. The van der Waals surface area contributed by atoms with Gasteiger partial charge in [-0.05, 0) is 31.5 Å². The number of amides is 1. The minimum atomic E-state index is -3.27. The van der Waals surface area contributed by atoms with Crippen molar-refractivity contribution >= 4 is 15.7 Å². The average Bonchev–Trinajstić information content (AvgIpc) is 2.16. The van der Waals surface area contributed by atoms with Crippen molar-refractivity contribution < 1.29 is 13.2 Å². The van der Waals surface area contributed by atoms with Crippen LogP contribution in [0.3, 0.4) is 0 Å². The highest BCUT2D eigenvalue weighted by Crippen LogP contribution is 2.15. The summed E-state index contributed by atoms with van der Waals surface area (Å²) in [5.41, 5.74) is 1.17. The molecule has 0 aromatic heterocycles. The normalized spacial score (nSPS) is 11.2. The largest absolute Gasteiger partial charge is 0.352 e. The maximum absolute atomic E-state index is 11.6. The maximum Gasteiger partial charge on any atom is 0.251 e. The topological polar surface area (TPSA) is 63.2 Å². The third kappa shape index (κ3) is 2.82. The van der Waals surface area contributed by atoms with Crippen LogP contribution in [0.4, 0.5) is 0 Å². The summed E-state index contributed by atoms with van der Waals surface area (Å²) in [5, 5.41) is 2.65. The Morgan fingerprint density at radius 3 is 2.50 bits per heavy atom. The summed E-state index contributed by atoms with van der Waals surface area (Å²) in [5.74, 6) is -0.245. The highest BCUT2D eigenvalue weighted by atomic mass is 32.2. The van der Waals surface area contributed by atoms with E-state index in [1.165, 1.54) is 12.1 Å². The summed E-state index contributed by atoms with van der Waals surface area (Å²) in [6, 6.07) is 4.56. The van der Waals surface area contributed by atoms with E-state index in [1.54, 1.807) is 13.0 Å². The summed E-state index contributed by atoms with van der Waals surface area (Å²) in [4.78, 5) is 11.8. The average molecular weight is 241 g/mol. The van der Waals surface area contributed by atoms with Gasteiger partial charge in [-0.1, -0.05) is 6.07 Å². The van der Waals surface area contributed by atoms with E-state index in [2.05, 4.69) is 5.32 Å². The molecule has 1 N–H and O–H groups in total. The van der Waals surface area contributed by atoms with Crippen LogP contribution in [-0.2, 0) is 9.84 Å². The summed E-state index contributed by atoms with van der Waals surface area (Å²) in [6.45, 7) is 4.10. The first-order valence-corrected chi connectivity index (χ1v) is 6.84. The first-order valence-electron chi connectivity index (χ1n) is 4.95. The molecule has 0 saturated heterocycles. The van der Waals surface area contributed by atoms with Gasteiger partial charge in [0, 0.05) is 18.4 Å². The third-order valence-corrected chi connectivity index (χ3v) is 3.33. The van der Waals surface area contributed by atoms with E-state index in [0.29, 0.717) is 12.1 Å². The Morgan fingerprint density at radius 1 is 1.38 bits per heavy atom. The van der Waals surface area contributed by atoms with Crippen LogP contribution in [0, 0.1) is 6.92 Å². The Bertz CT molecular complexity index is 506. The second kappa shape index (κ2) is 4.65. The van der Waals surface area contributed by atoms with Crippen LogP contribution in [0.15, 0.2) is 23.1 Å². The van der Waals surface area contributed by atoms with E-state index in [-0.39, 0.29) is 10.8 Å². The molecule has 0 spiro atoms. The number of hydrogen-bond acceptors (Lipinski definition) is 3. The number of carbonyl (C=O) groups excluding carboxylic acids is 1. The lowest BCUT2D eigenvalue weighted by molar-refractivity contribution is 0.0955. The number of rotatable bonds is 3. The quantitative estimate of drug-likeness (QED) is 0.863. The fourth-order valence-corrected chi connectivity index (χ4v) is 1.98. The molecule has 1 amide bonds. The first-order chi connectivity index (χ1) is 7.36. The molecule has 0 bridgehead atoms. The second-order valence-electron chi connectivity index (χ2n) is 3.61. The number of sulfone groups is 1. The van der Waals surface area contributed by atoms with E-state index < -0.39 is 9.84 Å². The van der Waals surface area contributed by atoms with E-state index in [0.717, 1.165) is 11.8 Å². The lowest BCUT2D eigenvalue weighted by Gasteiger charge is -2.07. The first kappa shape index (κ1) is 12.7. The molecule has 0 atom stereocenters. The monoisotopic (exact) mass is 241 g/mol. The number of benzene rings is 1. The minimum absolute atomic E-state index is 0.166. The van der Waals surface area contributed by atoms with Gasteiger partial charge < -0.3 is 5.32 Å². The Kier molecular flexibility index (Phi) is 3.70. The molecule has 0 aliphatic heterocycles. The van der Waals surface area contributed by atoms with Gasteiger partial charge in [0.2, 0.25) is 0 Å². The molecule has 0 aliphatic rings. The van der Waals surface area contributed by atoms with Gasteiger partial charge in [0.05, 0.1) is 4.90 Å². The predicted octanol–water partition coefficient (Wildman–Crippen LogP) is 1.15. The van der Waals surface area contributed by atoms with Crippen molar-refractivity contribution in [3.05, 3.63) is 29.3 Å². The van der Waals surface area contributed by atoms with Gasteiger partial charge in [0.25, 0.3) is 5.91 Å². The molecule has 1 aromatic carbocycles. The van der Waals surface area contributed by atoms with E-state index >= 15 is 0 Å². The standard InChI is InChI=1S/C11H15NO3S/c1-4-12-11(13)10-7-9(16(3,14)15)6-5-8(10)2/h5-7H,4H2,1-3H3,(H,12,13). The van der Waals surface area contributed by atoms with Crippen molar-refractivity contribution in [2.75, 3.05) is 12.8 Å². The summed E-state index contributed by atoms with van der Waals surface area (Å²) in [7, 11) is -3.27. The van der Waals surface area contributed by atoms with Crippen LogP contribution in [0.1, 0.15) is 22.8 Å². The van der Waals surface area contributed by atoms with Gasteiger partial charge in [0.15, 0.2) is 9.84 Å². The molecular weight excluding hydrogens is 226 g/mol. The fraction of sp³-hybridized carbons (Fsp3) is 0.364. The number of aryl methyl sites for hydroxylation is 1. The molecule has 1 rings (SSSR count). The van der Waals surface area contributed by atoms with Crippen molar-refractivity contribution in [2.45, 2.75) is 18.7 Å². The van der Waals surface area contributed by atoms with Crippen LogP contribution in [-0.4, -0.2) is 27.1 Å². The molecule has 0 heterocycles. The summed E-state index contributed by atoms with van der Waals surface area (Å²) >= 11 is 0. The molecule has 0 unspecified atom stereocenters. The molecule has 4 nitrogen and oxygen atoms in total. The predicted molar refractivity (Wildman–Crippen MR) is 62.3 cm³/mol. The maximum atomic E-state index is 11.6. The van der Waals surface area contributed by atoms with E-state index in [1.807, 2.05) is 6.92 Å². The number of nitrogens with one attached hydrogen (secondary N) is 1. The van der Waals surface area contributed by atoms with Gasteiger partial charge in [-0.2, -0.15) is 0 Å². The van der Waals surface area contributed by atoms with Gasteiger partial charge in [-0.3, -0.25) is 4.79 Å². The highest BCUT2D eigenvalue weighted by Gasteiger charge is 2.13. The third-order valence-electron chi connectivity index (χ3n) is 2.22. The lowest BCUT2D eigenvalue weighted by Crippen LogP contribution is -2.23. The van der Waals surface area contributed by atoms with Crippen LogP contribution in [0.25, 0.3) is 0 Å². The van der Waals surface area contributed by atoms with E-state index in [4.69, 9.17) is 0 Å². The number of carbonyl (C=O) groups is 1. The Hall–Kier alpha value is -1.36. The zero-order chi connectivity index (χ0) is 12.3. The van der Waals surface area contributed by atoms with Crippen molar-refractivity contribution in [2.24, 2.45) is 0 Å². The number of hydrogen-bond donors (Lipinski definition) is 1. The Morgan fingerprint density at radius 2 is 2.00 bits per heavy atom. The molecule has 16 heavy (non-hydrogen) atoms. The van der Waals surface area contributed by atoms with Gasteiger partial charge in [-0.25, -0.2) is 8.42 Å². The second-order valence-corrected chi connectivity index (χ2v) is 5.62. The summed E-state index contributed by atoms with van der Waals surface area (Å²) < 4.78 is 22.7. The van der Waals surface area contributed by atoms with Crippen LogP contribution >= 0.6 is 0 Å². The zero-order valence-corrected chi connectivity index (χ0v) is 10.4. The molecule has 0 saturated carbocycles. The van der Waals surface area contributed by atoms with Crippen LogP contribution in [0.5, 0.6) is 0 Å². The zero-order valence-electron chi connectivity index (χ0n) is 9.57. The van der Waals surface area contributed by atoms with Gasteiger partial charge in [0.1, 0.15) is 0 Å². The van der Waals surface area contributed by atoms with Crippen molar-refractivity contribution in [3.63, 3.8) is 0 Å². The van der Waals surface area contributed by atoms with Gasteiger partial charge >= 0.3 is 0 Å². The van der Waals surface area contributed by atoms with Crippen LogP contribution in [0.2, 0.25) is 0 Å². The van der Waals surface area contributed by atoms with Crippen molar-refractivity contribution in [3.8, 4) is 0 Å². The molecule has 0 fully saturated rings. The molecule has 1 aromatic rings. The SMILES string of the molecule is CCNC(=O)c1cc(S(C)(=O)=O)ccc1C. The molecule has 88 valence electrons. The Labute approximate surface area is 95.6 Å². The molecule has 0 radical (unpaired) electrons. The molecule has 0 aliphatic carbocycles. The lowest BCUT2D eigenvalue weighted by atomic mass is 10.1. The van der Waals surface area contributed by atoms with E-state index in [9.17, 15) is 13.2 Å². The van der Waals surface area contributed by atoms with Gasteiger partial charge in [-0.15, -0.1) is 0 Å². The van der Waals surface area contributed by atoms with Crippen molar-refractivity contribution in [1.29, 1.82) is 0 Å². The fourth-order valence-electron chi connectivity index (χ4n) is 1.33. The highest BCUT2D eigenvalue weighted by molar-refractivity contribution is 7.90. The minimum Gasteiger partial charge on any atom is -0.352 e. The van der Waals surface area contributed by atoms with Crippen LogP contribution < -0.4 is 5.32 Å². The molecule has 5 heteroatoms. The molecular formula is C11H15NO3S.